The minimum Gasteiger partial charge on any atom is -0.507 e. The number of hydrogen-bond acceptors (Lipinski definition) is 5. The standard InChI is InChI=1S/C25H29ClN2O4/c1-25(2,3)18-8-4-16(5-9-18)21-20(22(30)17-6-10-19(26)11-7-17)23(31)24(32)28(21)14-12-27-13-15-29/h4-11,21,27,29-30H,12-15H2,1-3H3/t21-/m1/s1. The molecule has 0 bridgehead atoms. The lowest BCUT2D eigenvalue weighted by atomic mass is 9.85. The van der Waals surface area contributed by atoms with Crippen LogP contribution in [-0.4, -0.2) is 53.0 Å². The van der Waals surface area contributed by atoms with Crippen LogP contribution < -0.4 is 5.32 Å². The van der Waals surface area contributed by atoms with Crippen LogP contribution in [0.5, 0.6) is 0 Å². The molecule has 170 valence electrons. The Kier molecular flexibility index (Phi) is 7.39. The van der Waals surface area contributed by atoms with Gasteiger partial charge in [-0.1, -0.05) is 56.6 Å². The van der Waals surface area contributed by atoms with Gasteiger partial charge in [-0.2, -0.15) is 0 Å². The number of halogens is 1. The molecule has 0 aliphatic carbocycles. The number of rotatable bonds is 7. The molecule has 1 saturated heterocycles. The molecular formula is C25H29ClN2O4. The van der Waals surface area contributed by atoms with Gasteiger partial charge in [-0.15, -0.1) is 0 Å². The Morgan fingerprint density at radius 1 is 1.03 bits per heavy atom. The maximum Gasteiger partial charge on any atom is 0.295 e. The molecule has 2 aromatic carbocycles. The van der Waals surface area contributed by atoms with Gasteiger partial charge in [0.2, 0.25) is 0 Å². The van der Waals surface area contributed by atoms with Gasteiger partial charge in [0.25, 0.3) is 11.7 Å². The number of nitrogens with one attached hydrogen (secondary N) is 1. The molecule has 0 saturated carbocycles. The molecule has 1 aliphatic heterocycles. The molecule has 1 amide bonds. The Labute approximate surface area is 193 Å². The van der Waals surface area contributed by atoms with Crippen LogP contribution in [0.4, 0.5) is 0 Å². The summed E-state index contributed by atoms with van der Waals surface area (Å²) in [6.45, 7) is 7.37. The predicted molar refractivity (Wildman–Crippen MR) is 126 cm³/mol. The van der Waals surface area contributed by atoms with Crippen LogP contribution in [0.1, 0.15) is 43.5 Å². The normalized spacial score (nSPS) is 18.4. The second-order valence-electron chi connectivity index (χ2n) is 8.84. The molecule has 6 nitrogen and oxygen atoms in total. The lowest BCUT2D eigenvalue weighted by molar-refractivity contribution is -0.139. The van der Waals surface area contributed by atoms with Crippen LogP contribution in [0.3, 0.4) is 0 Å². The molecule has 32 heavy (non-hydrogen) atoms. The van der Waals surface area contributed by atoms with E-state index in [0.29, 0.717) is 23.7 Å². The van der Waals surface area contributed by atoms with Gasteiger partial charge in [0.1, 0.15) is 5.76 Å². The molecule has 2 aromatic rings. The fourth-order valence-corrected chi connectivity index (χ4v) is 3.92. The number of likely N-dealkylation sites (tertiary alicyclic amines) is 1. The van der Waals surface area contributed by atoms with E-state index in [4.69, 9.17) is 16.7 Å². The molecule has 0 unspecified atom stereocenters. The lowest BCUT2D eigenvalue weighted by Crippen LogP contribution is -2.36. The van der Waals surface area contributed by atoms with Crippen LogP contribution in [0.25, 0.3) is 5.76 Å². The van der Waals surface area contributed by atoms with Crippen molar-refractivity contribution in [2.45, 2.75) is 32.2 Å². The van der Waals surface area contributed by atoms with Crippen molar-refractivity contribution >= 4 is 29.1 Å². The first-order valence-corrected chi connectivity index (χ1v) is 11.0. The predicted octanol–water partition coefficient (Wildman–Crippen LogP) is 3.64. The van der Waals surface area contributed by atoms with Crippen molar-refractivity contribution in [2.75, 3.05) is 26.2 Å². The van der Waals surface area contributed by atoms with Gasteiger partial charge in [-0.3, -0.25) is 9.59 Å². The largest absolute Gasteiger partial charge is 0.507 e. The van der Waals surface area contributed by atoms with Crippen LogP contribution in [-0.2, 0) is 15.0 Å². The summed E-state index contributed by atoms with van der Waals surface area (Å²) in [4.78, 5) is 27.4. The zero-order valence-electron chi connectivity index (χ0n) is 18.6. The fraction of sp³-hybridized carbons (Fsp3) is 0.360. The summed E-state index contributed by atoms with van der Waals surface area (Å²) in [6, 6.07) is 13.6. The van der Waals surface area contributed by atoms with Crippen LogP contribution in [0.15, 0.2) is 54.1 Å². The third kappa shape index (κ3) is 5.04. The van der Waals surface area contributed by atoms with E-state index in [1.54, 1.807) is 24.3 Å². The smallest absolute Gasteiger partial charge is 0.295 e. The zero-order chi connectivity index (χ0) is 23.5. The third-order valence-electron chi connectivity index (χ3n) is 5.57. The number of Topliss-reactive ketones (excluding diaryl/α,β-unsaturated/α-hetero) is 1. The second-order valence-corrected chi connectivity index (χ2v) is 9.28. The highest BCUT2D eigenvalue weighted by molar-refractivity contribution is 6.46. The Morgan fingerprint density at radius 2 is 1.66 bits per heavy atom. The van der Waals surface area contributed by atoms with E-state index >= 15 is 0 Å². The van der Waals surface area contributed by atoms with E-state index in [-0.39, 0.29) is 29.9 Å². The number of aliphatic hydroxyl groups excluding tert-OH is 2. The van der Waals surface area contributed by atoms with Crippen molar-refractivity contribution in [3.8, 4) is 0 Å². The van der Waals surface area contributed by atoms with Crippen molar-refractivity contribution in [1.29, 1.82) is 0 Å². The Hall–Kier alpha value is -2.67. The van der Waals surface area contributed by atoms with E-state index < -0.39 is 17.7 Å². The number of nitrogens with zero attached hydrogens (tertiary/aromatic N) is 1. The number of ketones is 1. The lowest BCUT2D eigenvalue weighted by Gasteiger charge is -2.26. The average molecular weight is 457 g/mol. The molecule has 0 aromatic heterocycles. The molecule has 0 spiro atoms. The van der Waals surface area contributed by atoms with Crippen molar-refractivity contribution in [2.24, 2.45) is 0 Å². The van der Waals surface area contributed by atoms with E-state index in [1.807, 2.05) is 24.3 Å². The number of hydrogen-bond donors (Lipinski definition) is 3. The van der Waals surface area contributed by atoms with Crippen molar-refractivity contribution in [3.63, 3.8) is 0 Å². The second kappa shape index (κ2) is 9.86. The van der Waals surface area contributed by atoms with Crippen LogP contribution in [0.2, 0.25) is 5.02 Å². The van der Waals surface area contributed by atoms with E-state index in [1.165, 1.54) is 4.90 Å². The number of carbonyl (C=O) groups excluding carboxylic acids is 2. The monoisotopic (exact) mass is 456 g/mol. The highest BCUT2D eigenvalue weighted by Crippen LogP contribution is 2.39. The first kappa shape index (κ1) is 24.0. The quantitative estimate of drug-likeness (QED) is 0.256. The van der Waals surface area contributed by atoms with Crippen LogP contribution in [0, 0.1) is 0 Å². The molecular weight excluding hydrogens is 428 g/mol. The number of aliphatic hydroxyl groups is 2. The summed E-state index contributed by atoms with van der Waals surface area (Å²) >= 11 is 5.96. The molecule has 1 atom stereocenters. The maximum absolute atomic E-state index is 13.0. The highest BCUT2D eigenvalue weighted by atomic mass is 35.5. The minimum atomic E-state index is -0.718. The third-order valence-corrected chi connectivity index (χ3v) is 5.82. The molecule has 0 radical (unpaired) electrons. The molecule has 3 N–H and O–H groups in total. The van der Waals surface area contributed by atoms with Gasteiger partial charge in [-0.05, 0) is 40.8 Å². The molecule has 3 rings (SSSR count). The summed E-state index contributed by atoms with van der Waals surface area (Å²) in [6.07, 6.45) is 0. The molecule has 1 heterocycles. The van der Waals surface area contributed by atoms with E-state index in [0.717, 1.165) is 11.1 Å². The summed E-state index contributed by atoms with van der Waals surface area (Å²) in [5.74, 6) is -1.60. The van der Waals surface area contributed by atoms with Crippen LogP contribution >= 0.6 is 11.6 Å². The summed E-state index contributed by atoms with van der Waals surface area (Å²) in [7, 11) is 0. The maximum atomic E-state index is 13.0. The van der Waals surface area contributed by atoms with E-state index in [2.05, 4.69) is 26.1 Å². The number of amides is 1. The average Bonchev–Trinajstić information content (AvgIpc) is 3.01. The first-order valence-electron chi connectivity index (χ1n) is 10.6. The molecule has 7 heteroatoms. The van der Waals surface area contributed by atoms with Gasteiger partial charge < -0.3 is 20.4 Å². The summed E-state index contributed by atoms with van der Waals surface area (Å²) in [5, 5.41) is 23.6. The van der Waals surface area contributed by atoms with Crippen molar-refractivity contribution < 1.29 is 19.8 Å². The summed E-state index contributed by atoms with van der Waals surface area (Å²) < 4.78 is 0. The van der Waals surface area contributed by atoms with Crippen molar-refractivity contribution in [1.82, 2.24) is 10.2 Å². The minimum absolute atomic E-state index is 0.0208. The molecule has 1 fully saturated rings. The van der Waals surface area contributed by atoms with E-state index in [9.17, 15) is 14.7 Å². The summed E-state index contributed by atoms with van der Waals surface area (Å²) in [5.41, 5.74) is 2.30. The van der Waals surface area contributed by atoms with Gasteiger partial charge in [0.15, 0.2) is 0 Å². The van der Waals surface area contributed by atoms with Gasteiger partial charge in [0.05, 0.1) is 18.2 Å². The first-order chi connectivity index (χ1) is 15.1. The van der Waals surface area contributed by atoms with Gasteiger partial charge in [0, 0.05) is 30.2 Å². The van der Waals surface area contributed by atoms with Crippen molar-refractivity contribution in [3.05, 3.63) is 75.8 Å². The zero-order valence-corrected chi connectivity index (χ0v) is 19.3. The number of benzene rings is 2. The highest BCUT2D eigenvalue weighted by Gasteiger charge is 2.45. The molecule has 1 aliphatic rings. The van der Waals surface area contributed by atoms with Gasteiger partial charge >= 0.3 is 0 Å². The SMILES string of the molecule is CC(C)(C)c1ccc([C@@H]2C(=C(O)c3ccc(Cl)cc3)C(=O)C(=O)N2CCNCCO)cc1. The topological polar surface area (TPSA) is 89.9 Å². The van der Waals surface area contributed by atoms with Gasteiger partial charge in [-0.25, -0.2) is 0 Å². The Balaban J connectivity index is 2.07. The Bertz CT molecular complexity index is 1010. The number of carbonyl (C=O) groups is 2. The Morgan fingerprint density at radius 3 is 2.22 bits per heavy atom. The fourth-order valence-electron chi connectivity index (χ4n) is 3.79.